The van der Waals surface area contributed by atoms with Gasteiger partial charge in [0, 0.05) is 24.0 Å². The molecular weight excluding hydrogens is 234 g/mol. The van der Waals surface area contributed by atoms with E-state index in [1.165, 1.54) is 0 Å². The van der Waals surface area contributed by atoms with Crippen molar-refractivity contribution in [2.24, 2.45) is 5.41 Å². The lowest BCUT2D eigenvalue weighted by molar-refractivity contribution is -0.118. The second-order valence-electron chi connectivity index (χ2n) is 6.37. The Kier molecular flexibility index (Phi) is 6.02. The zero-order valence-corrected chi connectivity index (χ0v) is 13.2. The van der Waals surface area contributed by atoms with Gasteiger partial charge in [-0.15, -0.1) is 0 Å². The Labute approximate surface area is 107 Å². The van der Waals surface area contributed by atoms with Crippen molar-refractivity contribution in [1.82, 2.24) is 4.72 Å². The maximum absolute atomic E-state index is 12.5. The van der Waals surface area contributed by atoms with Crippen molar-refractivity contribution in [3.63, 3.8) is 0 Å². The molecule has 0 heterocycles. The van der Waals surface area contributed by atoms with E-state index in [1.54, 1.807) is 6.92 Å². The quantitative estimate of drug-likeness (QED) is 0.693. The standard InChI is InChI=1S/C13H29NO2S/c1-10(2)14-17(7,16)12(4)9-13(5,6)8-11(3)15/h10,12,17H,8-9H2,1-7H3,(H,14,16). The van der Waals surface area contributed by atoms with Crippen molar-refractivity contribution >= 4 is 15.9 Å². The fraction of sp³-hybridized carbons (Fsp3) is 0.923. The first-order valence-electron chi connectivity index (χ1n) is 6.31. The topological polar surface area (TPSA) is 46.2 Å². The third-order valence-corrected chi connectivity index (χ3v) is 5.82. The van der Waals surface area contributed by atoms with Crippen LogP contribution in [0.3, 0.4) is 0 Å². The van der Waals surface area contributed by atoms with Gasteiger partial charge in [-0.3, -0.25) is 8.93 Å². The second-order valence-corrected chi connectivity index (χ2v) is 9.49. The van der Waals surface area contributed by atoms with Gasteiger partial charge < -0.3 is 4.79 Å². The summed E-state index contributed by atoms with van der Waals surface area (Å²) in [6.45, 7) is 11.8. The van der Waals surface area contributed by atoms with E-state index in [-0.39, 0.29) is 22.5 Å². The number of thiol groups is 1. The summed E-state index contributed by atoms with van der Waals surface area (Å²) in [6, 6.07) is 0.226. The molecule has 17 heavy (non-hydrogen) atoms. The predicted molar refractivity (Wildman–Crippen MR) is 76.9 cm³/mol. The molecule has 104 valence electrons. The van der Waals surface area contributed by atoms with Gasteiger partial charge >= 0.3 is 0 Å². The average Bonchev–Trinajstić information content (AvgIpc) is 1.96. The molecule has 1 N–H and O–H groups in total. The van der Waals surface area contributed by atoms with Gasteiger partial charge in [-0.1, -0.05) is 30.9 Å². The van der Waals surface area contributed by atoms with E-state index in [2.05, 4.69) is 18.6 Å². The third kappa shape index (κ3) is 6.94. The van der Waals surface area contributed by atoms with Crippen LogP contribution in [0.1, 0.15) is 54.4 Å². The van der Waals surface area contributed by atoms with E-state index < -0.39 is 10.1 Å². The molecule has 0 saturated carbocycles. The summed E-state index contributed by atoms with van der Waals surface area (Å²) in [7, 11) is -2.34. The normalized spacial score (nSPS) is 16.0. The molecule has 0 aromatic carbocycles. The molecule has 0 radical (unpaired) electrons. The second kappa shape index (κ2) is 6.10. The van der Waals surface area contributed by atoms with Gasteiger partial charge in [0.25, 0.3) is 0 Å². The van der Waals surface area contributed by atoms with Gasteiger partial charge in [0.15, 0.2) is 0 Å². The van der Waals surface area contributed by atoms with Crippen LogP contribution in [0, 0.1) is 5.41 Å². The lowest BCUT2D eigenvalue weighted by Crippen LogP contribution is -2.44. The number of Topliss-reactive ketones (excluding diaryl/α,β-unsaturated/α-hetero) is 1. The smallest absolute Gasteiger partial charge is 0.130 e. The molecule has 0 aliphatic heterocycles. The number of ketones is 1. The molecule has 0 aromatic rings. The van der Waals surface area contributed by atoms with Crippen LogP contribution in [0.15, 0.2) is 0 Å². The number of rotatable bonds is 7. The van der Waals surface area contributed by atoms with Crippen LogP contribution < -0.4 is 4.72 Å². The Morgan fingerprint density at radius 3 is 2.12 bits per heavy atom. The maximum atomic E-state index is 12.5. The lowest BCUT2D eigenvalue weighted by atomic mass is 9.83. The van der Waals surface area contributed by atoms with Crippen molar-refractivity contribution in [3.05, 3.63) is 0 Å². The third-order valence-electron chi connectivity index (χ3n) is 2.93. The van der Waals surface area contributed by atoms with Crippen molar-refractivity contribution in [2.75, 3.05) is 6.26 Å². The molecule has 0 rings (SSSR count). The minimum Gasteiger partial charge on any atom is -0.300 e. The number of carbonyl (C=O) groups excluding carboxylic acids is 1. The Balaban J connectivity index is 4.57. The van der Waals surface area contributed by atoms with Crippen LogP contribution in [0.25, 0.3) is 0 Å². The van der Waals surface area contributed by atoms with Crippen molar-refractivity contribution in [1.29, 1.82) is 0 Å². The molecule has 0 aromatic heterocycles. The largest absolute Gasteiger partial charge is 0.300 e. The fourth-order valence-corrected chi connectivity index (χ4v) is 4.48. The Hall–Kier alpha value is -0.220. The van der Waals surface area contributed by atoms with Gasteiger partial charge in [0.1, 0.15) is 5.78 Å². The summed E-state index contributed by atoms with van der Waals surface area (Å²) < 4.78 is 15.7. The van der Waals surface area contributed by atoms with E-state index >= 15 is 0 Å². The first kappa shape index (κ1) is 16.8. The highest BCUT2D eigenvalue weighted by Crippen LogP contribution is 2.30. The number of nitrogens with one attached hydrogen (secondary N) is 1. The minimum absolute atomic E-state index is 0.0738. The molecule has 0 aliphatic carbocycles. The Morgan fingerprint density at radius 2 is 1.76 bits per heavy atom. The Bertz CT molecular complexity index is 311. The van der Waals surface area contributed by atoms with Gasteiger partial charge in [0.2, 0.25) is 0 Å². The maximum Gasteiger partial charge on any atom is 0.130 e. The molecule has 0 bridgehead atoms. The summed E-state index contributed by atoms with van der Waals surface area (Å²) in [4.78, 5) is 11.2. The lowest BCUT2D eigenvalue weighted by Gasteiger charge is -2.35. The van der Waals surface area contributed by atoms with E-state index in [0.717, 1.165) is 6.42 Å². The molecule has 0 amide bonds. The zero-order chi connectivity index (χ0) is 13.9. The van der Waals surface area contributed by atoms with Gasteiger partial charge in [-0.2, -0.15) is 0 Å². The Morgan fingerprint density at radius 1 is 1.29 bits per heavy atom. The van der Waals surface area contributed by atoms with Crippen molar-refractivity contribution in [3.8, 4) is 0 Å². The number of carbonyl (C=O) groups is 1. The SMILES string of the molecule is CC(=O)CC(C)(C)CC(C)[SH](C)(=O)NC(C)C. The summed E-state index contributed by atoms with van der Waals surface area (Å²) in [5.41, 5.74) is -0.0738. The van der Waals surface area contributed by atoms with Crippen LogP contribution in [0.2, 0.25) is 0 Å². The van der Waals surface area contributed by atoms with Gasteiger partial charge in [-0.05, 0) is 32.6 Å². The summed E-state index contributed by atoms with van der Waals surface area (Å²) in [5, 5.41) is 0.0965. The molecule has 3 nitrogen and oxygen atoms in total. The van der Waals surface area contributed by atoms with Crippen molar-refractivity contribution in [2.45, 2.75) is 65.7 Å². The summed E-state index contributed by atoms with van der Waals surface area (Å²) in [5.74, 6) is 0.199. The molecule has 0 spiro atoms. The molecule has 1 atom stereocenters. The van der Waals surface area contributed by atoms with Crippen LogP contribution >= 0.6 is 0 Å². The van der Waals surface area contributed by atoms with Crippen molar-refractivity contribution < 1.29 is 9.00 Å². The monoisotopic (exact) mass is 263 g/mol. The average molecular weight is 263 g/mol. The molecule has 0 aliphatic rings. The molecule has 0 saturated heterocycles. The van der Waals surface area contributed by atoms with Gasteiger partial charge in [0.05, 0.1) is 0 Å². The number of hydrogen-bond acceptors (Lipinski definition) is 2. The first-order valence-corrected chi connectivity index (χ1v) is 8.53. The first-order chi connectivity index (χ1) is 7.46. The molecular formula is C13H29NO2S. The van der Waals surface area contributed by atoms with Crippen LogP contribution in [-0.2, 0) is 14.9 Å². The fourth-order valence-electron chi connectivity index (χ4n) is 2.36. The summed E-state index contributed by atoms with van der Waals surface area (Å²) in [6.07, 6.45) is 3.17. The minimum atomic E-state index is -2.34. The highest BCUT2D eigenvalue weighted by molar-refractivity contribution is 8.01. The van der Waals surface area contributed by atoms with Crippen LogP contribution in [0.5, 0.6) is 0 Å². The summed E-state index contributed by atoms with van der Waals surface area (Å²) >= 11 is 0. The van der Waals surface area contributed by atoms with Crippen LogP contribution in [0.4, 0.5) is 0 Å². The van der Waals surface area contributed by atoms with E-state index in [1.807, 2.05) is 27.0 Å². The highest BCUT2D eigenvalue weighted by Gasteiger charge is 2.28. The van der Waals surface area contributed by atoms with E-state index in [9.17, 15) is 9.00 Å². The molecule has 0 fully saturated rings. The number of hydrogen-bond donors (Lipinski definition) is 2. The van der Waals surface area contributed by atoms with E-state index in [4.69, 9.17) is 0 Å². The van der Waals surface area contributed by atoms with E-state index in [0.29, 0.717) is 6.42 Å². The highest BCUT2D eigenvalue weighted by atomic mass is 32.3. The zero-order valence-electron chi connectivity index (χ0n) is 12.3. The molecule has 1 unspecified atom stereocenters. The van der Waals surface area contributed by atoms with Gasteiger partial charge in [-0.25, -0.2) is 0 Å². The predicted octanol–water partition coefficient (Wildman–Crippen LogP) is 2.33. The van der Waals surface area contributed by atoms with Crippen LogP contribution in [-0.4, -0.2) is 27.5 Å². The molecule has 4 heteroatoms.